The fourth-order valence-electron chi connectivity index (χ4n) is 2.78. The van der Waals surface area contributed by atoms with Crippen LogP contribution in [-0.4, -0.2) is 48.7 Å². The molecule has 20 heavy (non-hydrogen) atoms. The highest BCUT2D eigenvalue weighted by molar-refractivity contribution is 5.79. The topological polar surface area (TPSA) is 66.8 Å². The van der Waals surface area contributed by atoms with Crippen LogP contribution in [0.5, 0.6) is 0 Å². The maximum atomic E-state index is 12.5. The van der Waals surface area contributed by atoms with Gasteiger partial charge < -0.3 is 14.7 Å². The van der Waals surface area contributed by atoms with Crippen molar-refractivity contribution in [1.29, 1.82) is 0 Å². The normalized spacial score (nSPS) is 22.8. The number of carboxylic acids is 1. The van der Waals surface area contributed by atoms with Gasteiger partial charge in [-0.1, -0.05) is 13.8 Å². The van der Waals surface area contributed by atoms with Gasteiger partial charge in [0.15, 0.2) is 0 Å². The van der Waals surface area contributed by atoms with Crippen LogP contribution in [0.15, 0.2) is 0 Å². The first-order valence-corrected chi connectivity index (χ1v) is 7.46. The number of nitrogens with zero attached hydrogens (tertiary/aromatic N) is 1. The standard InChI is InChI=1S/C15H27NO4/c1-11(2)10-16(8-9-20-3)14(17)12-4-6-13(7-5-12)15(18)19/h11-13H,4-10H2,1-3H3,(H,18,19). The van der Waals surface area contributed by atoms with E-state index in [1.165, 1.54) is 0 Å². The lowest BCUT2D eigenvalue weighted by molar-refractivity contribution is -0.146. The Kier molecular flexibility index (Phi) is 6.99. The summed E-state index contributed by atoms with van der Waals surface area (Å²) in [6, 6.07) is 0. The molecule has 1 N–H and O–H groups in total. The third-order valence-corrected chi connectivity index (χ3v) is 3.89. The van der Waals surface area contributed by atoms with Crippen molar-refractivity contribution < 1.29 is 19.4 Å². The van der Waals surface area contributed by atoms with Gasteiger partial charge in [0, 0.05) is 26.1 Å². The molecule has 5 nitrogen and oxygen atoms in total. The highest BCUT2D eigenvalue weighted by Crippen LogP contribution is 2.30. The summed E-state index contributed by atoms with van der Waals surface area (Å²) in [6.07, 6.45) is 2.62. The average Bonchev–Trinajstić information content (AvgIpc) is 2.42. The molecule has 1 amide bonds. The van der Waals surface area contributed by atoms with Crippen molar-refractivity contribution in [3.8, 4) is 0 Å². The van der Waals surface area contributed by atoms with Crippen LogP contribution in [0.2, 0.25) is 0 Å². The molecule has 0 heterocycles. The monoisotopic (exact) mass is 285 g/mol. The molecule has 1 fully saturated rings. The summed E-state index contributed by atoms with van der Waals surface area (Å²) in [5, 5.41) is 9.00. The van der Waals surface area contributed by atoms with Crippen LogP contribution in [0.3, 0.4) is 0 Å². The molecule has 1 aliphatic rings. The zero-order valence-electron chi connectivity index (χ0n) is 12.8. The summed E-state index contributed by atoms with van der Waals surface area (Å²) < 4.78 is 5.07. The number of aliphatic carboxylic acids is 1. The van der Waals surface area contributed by atoms with Gasteiger partial charge in [-0.05, 0) is 31.6 Å². The number of ether oxygens (including phenoxy) is 1. The highest BCUT2D eigenvalue weighted by Gasteiger charge is 2.32. The SMILES string of the molecule is COCCN(CC(C)C)C(=O)C1CCC(C(=O)O)CC1. The number of carbonyl (C=O) groups excluding carboxylic acids is 1. The minimum atomic E-state index is -0.727. The Balaban J connectivity index is 2.54. The summed E-state index contributed by atoms with van der Waals surface area (Å²) in [5.74, 6) is -0.419. The fourth-order valence-corrected chi connectivity index (χ4v) is 2.78. The van der Waals surface area contributed by atoms with E-state index in [1.54, 1.807) is 7.11 Å². The lowest BCUT2D eigenvalue weighted by Crippen LogP contribution is -2.42. The molecule has 0 atom stereocenters. The zero-order chi connectivity index (χ0) is 15.1. The van der Waals surface area contributed by atoms with Gasteiger partial charge >= 0.3 is 5.97 Å². The van der Waals surface area contributed by atoms with Crippen LogP contribution < -0.4 is 0 Å². The molecule has 1 aliphatic carbocycles. The van der Waals surface area contributed by atoms with Gasteiger partial charge in [0.2, 0.25) is 5.91 Å². The number of hydrogen-bond donors (Lipinski definition) is 1. The van der Waals surface area contributed by atoms with Gasteiger partial charge in [-0.2, -0.15) is 0 Å². The molecular weight excluding hydrogens is 258 g/mol. The van der Waals surface area contributed by atoms with Gasteiger partial charge in [0.1, 0.15) is 0 Å². The number of hydrogen-bond acceptors (Lipinski definition) is 3. The van der Waals surface area contributed by atoms with E-state index >= 15 is 0 Å². The smallest absolute Gasteiger partial charge is 0.306 e. The molecule has 1 rings (SSSR count). The molecule has 0 aliphatic heterocycles. The van der Waals surface area contributed by atoms with E-state index in [9.17, 15) is 9.59 Å². The zero-order valence-corrected chi connectivity index (χ0v) is 12.8. The van der Waals surface area contributed by atoms with Gasteiger partial charge in [-0.25, -0.2) is 0 Å². The Hall–Kier alpha value is -1.10. The Morgan fingerprint density at radius 2 is 1.75 bits per heavy atom. The number of carbonyl (C=O) groups is 2. The average molecular weight is 285 g/mol. The third kappa shape index (κ3) is 5.12. The Morgan fingerprint density at radius 1 is 1.20 bits per heavy atom. The minimum absolute atomic E-state index is 0.0128. The molecule has 0 aromatic carbocycles. The van der Waals surface area contributed by atoms with Gasteiger partial charge in [-0.15, -0.1) is 0 Å². The van der Waals surface area contributed by atoms with Crippen LogP contribution in [0.25, 0.3) is 0 Å². The first-order chi connectivity index (χ1) is 9.45. The Labute approximate surface area is 121 Å². The largest absolute Gasteiger partial charge is 0.481 e. The first kappa shape index (κ1) is 17.0. The van der Waals surface area contributed by atoms with Gasteiger partial charge in [-0.3, -0.25) is 9.59 Å². The summed E-state index contributed by atoms with van der Waals surface area (Å²) >= 11 is 0. The minimum Gasteiger partial charge on any atom is -0.481 e. The van der Waals surface area contributed by atoms with E-state index in [2.05, 4.69) is 13.8 Å². The number of carboxylic acid groups (broad SMARTS) is 1. The van der Waals surface area contributed by atoms with Crippen molar-refractivity contribution in [3.63, 3.8) is 0 Å². The maximum Gasteiger partial charge on any atom is 0.306 e. The molecular formula is C15H27NO4. The van der Waals surface area contributed by atoms with Crippen molar-refractivity contribution in [3.05, 3.63) is 0 Å². The summed E-state index contributed by atoms with van der Waals surface area (Å²) in [4.78, 5) is 25.4. The molecule has 0 aromatic heterocycles. The second-order valence-corrected chi connectivity index (χ2v) is 6.06. The van der Waals surface area contributed by atoms with Crippen LogP contribution in [-0.2, 0) is 14.3 Å². The van der Waals surface area contributed by atoms with Crippen molar-refractivity contribution in [2.45, 2.75) is 39.5 Å². The van der Waals surface area contributed by atoms with E-state index in [0.717, 1.165) is 6.54 Å². The first-order valence-electron chi connectivity index (χ1n) is 7.46. The molecule has 0 saturated heterocycles. The number of amides is 1. The van der Waals surface area contributed by atoms with E-state index in [-0.39, 0.29) is 17.7 Å². The van der Waals surface area contributed by atoms with Crippen molar-refractivity contribution >= 4 is 11.9 Å². The predicted molar refractivity (Wildman–Crippen MR) is 76.4 cm³/mol. The Morgan fingerprint density at radius 3 is 2.20 bits per heavy atom. The van der Waals surface area contributed by atoms with Crippen molar-refractivity contribution in [1.82, 2.24) is 4.90 Å². The van der Waals surface area contributed by atoms with E-state index < -0.39 is 5.97 Å². The molecule has 1 saturated carbocycles. The van der Waals surface area contributed by atoms with Crippen LogP contribution in [0.1, 0.15) is 39.5 Å². The molecule has 0 unspecified atom stereocenters. The number of methoxy groups -OCH3 is 1. The quantitative estimate of drug-likeness (QED) is 0.777. The second kappa shape index (κ2) is 8.25. The molecule has 0 spiro atoms. The molecule has 5 heteroatoms. The van der Waals surface area contributed by atoms with E-state index in [0.29, 0.717) is 44.8 Å². The molecule has 0 bridgehead atoms. The summed E-state index contributed by atoms with van der Waals surface area (Å²) in [7, 11) is 1.64. The lowest BCUT2D eigenvalue weighted by Gasteiger charge is -2.32. The maximum absolute atomic E-state index is 12.5. The second-order valence-electron chi connectivity index (χ2n) is 6.06. The van der Waals surface area contributed by atoms with Crippen LogP contribution in [0.4, 0.5) is 0 Å². The predicted octanol–water partition coefficient (Wildman–Crippen LogP) is 2.01. The molecule has 0 radical (unpaired) electrons. The highest BCUT2D eigenvalue weighted by atomic mass is 16.5. The summed E-state index contributed by atoms with van der Waals surface area (Å²) in [6.45, 7) is 6.08. The van der Waals surface area contributed by atoms with E-state index in [1.807, 2.05) is 4.90 Å². The molecule has 0 aromatic rings. The number of rotatable bonds is 7. The molecule has 116 valence electrons. The third-order valence-electron chi connectivity index (χ3n) is 3.89. The van der Waals surface area contributed by atoms with Crippen molar-refractivity contribution in [2.75, 3.05) is 26.8 Å². The van der Waals surface area contributed by atoms with Gasteiger partial charge in [0.25, 0.3) is 0 Å². The summed E-state index contributed by atoms with van der Waals surface area (Å²) in [5.41, 5.74) is 0. The Bertz CT molecular complexity index is 322. The van der Waals surface area contributed by atoms with Crippen LogP contribution >= 0.6 is 0 Å². The van der Waals surface area contributed by atoms with E-state index in [4.69, 9.17) is 9.84 Å². The fraction of sp³-hybridized carbons (Fsp3) is 0.867. The van der Waals surface area contributed by atoms with Gasteiger partial charge in [0.05, 0.1) is 12.5 Å². The van der Waals surface area contributed by atoms with Crippen molar-refractivity contribution in [2.24, 2.45) is 17.8 Å². The van der Waals surface area contributed by atoms with Crippen LogP contribution in [0, 0.1) is 17.8 Å². The lowest BCUT2D eigenvalue weighted by atomic mass is 9.81.